The van der Waals surface area contributed by atoms with Crippen molar-refractivity contribution < 1.29 is 28.4 Å². The Kier molecular flexibility index (Phi) is 15.9. The minimum Gasteiger partial charge on any atom is -0.496 e. The Hall–Kier alpha value is -9.64. The largest absolute Gasteiger partial charge is 0.496 e. The van der Waals surface area contributed by atoms with E-state index in [9.17, 15) is 0 Å². The Morgan fingerprint density at radius 3 is 1.33 bits per heavy atom. The molecule has 10 heteroatoms. The van der Waals surface area contributed by atoms with Crippen LogP contribution in [0.25, 0.3) is 83.0 Å². The fourth-order valence-electron chi connectivity index (χ4n) is 10.8. The number of pyridine rings is 4. The number of fused-ring (bicyclic) bond motifs is 6. The number of methoxy groups -OCH3 is 4. The van der Waals surface area contributed by atoms with Crippen LogP contribution in [0.4, 0.5) is 0 Å². The lowest BCUT2D eigenvalue weighted by atomic mass is 9.93. The van der Waals surface area contributed by atoms with Gasteiger partial charge < -0.3 is 28.4 Å². The Morgan fingerprint density at radius 2 is 0.854 bits per heavy atom. The number of aromatic nitrogens is 4. The molecule has 0 saturated heterocycles. The molecule has 10 nitrogen and oxygen atoms in total. The van der Waals surface area contributed by atoms with E-state index >= 15 is 0 Å². The summed E-state index contributed by atoms with van der Waals surface area (Å²) in [5, 5.41) is 3.73. The standard InChI is InChI=1S/C72H64N4O6/c1-10-12-36-81-62-43-51(27-31-53-41-55-29-25-49-33-35-57(65-58(77-6)20-16-21-59(65)78-7)74-70(49)72(55)76-68(53)66-60(79-8)22-17-23-61(66)80-9)63(82-37-13-11-2)42-50(62)26-30-52-40-54-28-24-48-32-34-56(47-18-14-15-19-47)73-69(48)71(54)75-67(52)64-45(4)38-44(3)39-46(64)5/h14-18,20-25,28-29,32-35,38-43H,10-13,19,36-37H2,1-9H3. The predicted molar refractivity (Wildman–Crippen MR) is 332 cm³/mol. The molecule has 0 amide bonds. The van der Waals surface area contributed by atoms with Gasteiger partial charge in [0, 0.05) is 39.2 Å². The number of hydrogen-bond acceptors (Lipinski definition) is 10. The van der Waals surface area contributed by atoms with Gasteiger partial charge in [0.25, 0.3) is 0 Å². The number of nitrogens with zero attached hydrogens (tertiary/aromatic N) is 4. The summed E-state index contributed by atoms with van der Waals surface area (Å²) < 4.78 is 37.0. The molecule has 0 saturated carbocycles. The molecule has 4 heterocycles. The van der Waals surface area contributed by atoms with E-state index < -0.39 is 0 Å². The van der Waals surface area contributed by atoms with E-state index in [1.165, 1.54) is 11.1 Å². The van der Waals surface area contributed by atoms with Gasteiger partial charge in [-0.15, -0.1) is 0 Å². The highest BCUT2D eigenvalue weighted by atomic mass is 16.5. The lowest BCUT2D eigenvalue weighted by Gasteiger charge is -2.16. The molecule has 1 aliphatic carbocycles. The van der Waals surface area contributed by atoms with Crippen LogP contribution in [0.5, 0.6) is 34.5 Å². The fraction of sp³-hybridized carbons (Fsp3) is 0.222. The summed E-state index contributed by atoms with van der Waals surface area (Å²) in [6.45, 7) is 11.7. The van der Waals surface area contributed by atoms with E-state index in [2.05, 4.69) is 137 Å². The van der Waals surface area contributed by atoms with E-state index in [1.807, 2.05) is 60.7 Å². The van der Waals surface area contributed by atoms with Gasteiger partial charge in [0.2, 0.25) is 0 Å². The van der Waals surface area contributed by atoms with E-state index in [-0.39, 0.29) is 0 Å². The number of hydrogen-bond donors (Lipinski definition) is 0. The van der Waals surface area contributed by atoms with Gasteiger partial charge in [-0.2, -0.15) is 0 Å². The maximum Gasteiger partial charge on any atom is 0.136 e. The van der Waals surface area contributed by atoms with Crippen molar-refractivity contribution in [2.45, 2.75) is 66.7 Å². The third-order valence-electron chi connectivity index (χ3n) is 14.9. The summed E-state index contributed by atoms with van der Waals surface area (Å²) in [6, 6.07) is 40.6. The highest BCUT2D eigenvalue weighted by Gasteiger charge is 2.22. The number of ether oxygens (including phenoxy) is 6. The molecule has 6 aromatic carbocycles. The van der Waals surface area contributed by atoms with E-state index in [1.54, 1.807) is 28.4 Å². The molecule has 11 rings (SSSR count). The molecule has 0 radical (unpaired) electrons. The van der Waals surface area contributed by atoms with Gasteiger partial charge in [0.15, 0.2) is 0 Å². The minimum atomic E-state index is 0.486. The number of allylic oxidation sites excluding steroid dienone is 4. The molecule has 0 aliphatic heterocycles. The van der Waals surface area contributed by atoms with Crippen molar-refractivity contribution in [3.63, 3.8) is 0 Å². The predicted octanol–water partition coefficient (Wildman–Crippen LogP) is 16.3. The third kappa shape index (κ3) is 10.8. The minimum absolute atomic E-state index is 0.486. The summed E-state index contributed by atoms with van der Waals surface area (Å²) in [4.78, 5) is 21.5. The van der Waals surface area contributed by atoms with Crippen LogP contribution in [-0.4, -0.2) is 61.6 Å². The smallest absolute Gasteiger partial charge is 0.136 e. The average Bonchev–Trinajstić information content (AvgIpc) is 3.59. The summed E-state index contributed by atoms with van der Waals surface area (Å²) in [7, 11) is 6.57. The molecule has 1 aliphatic rings. The van der Waals surface area contributed by atoms with Crippen molar-refractivity contribution in [2.24, 2.45) is 0 Å². The number of unbranched alkanes of at least 4 members (excludes halogenated alkanes) is 2. The van der Waals surface area contributed by atoms with Crippen LogP contribution in [0.1, 0.15) is 90.6 Å². The second-order valence-electron chi connectivity index (χ2n) is 20.5. The first-order valence-electron chi connectivity index (χ1n) is 28.0. The quantitative estimate of drug-likeness (QED) is 0.0527. The molecular formula is C72H64N4O6. The van der Waals surface area contributed by atoms with Gasteiger partial charge in [-0.25, -0.2) is 19.9 Å². The third-order valence-corrected chi connectivity index (χ3v) is 14.9. The molecule has 0 unspecified atom stereocenters. The molecule has 0 N–H and O–H groups in total. The summed E-state index contributed by atoms with van der Waals surface area (Å²) >= 11 is 0. The van der Waals surface area contributed by atoms with Crippen LogP contribution in [-0.2, 0) is 0 Å². The molecule has 0 bridgehead atoms. The lowest BCUT2D eigenvalue weighted by Crippen LogP contribution is -2.03. The van der Waals surface area contributed by atoms with E-state index in [0.717, 1.165) is 104 Å². The Labute approximate surface area is 479 Å². The first-order valence-corrected chi connectivity index (χ1v) is 28.0. The first-order chi connectivity index (χ1) is 40.1. The summed E-state index contributed by atoms with van der Waals surface area (Å²) in [5.74, 6) is 17.9. The summed E-state index contributed by atoms with van der Waals surface area (Å²) in [5.41, 5.74) is 15.9. The Balaban J connectivity index is 1.09. The summed E-state index contributed by atoms with van der Waals surface area (Å²) in [6.07, 6.45) is 10.9. The normalized spacial score (nSPS) is 11.8. The molecule has 0 atom stereocenters. The zero-order valence-corrected chi connectivity index (χ0v) is 48.0. The van der Waals surface area contributed by atoms with Crippen LogP contribution in [0.2, 0.25) is 0 Å². The van der Waals surface area contributed by atoms with Crippen LogP contribution in [0.3, 0.4) is 0 Å². The molecule has 4 aromatic heterocycles. The fourth-order valence-corrected chi connectivity index (χ4v) is 10.8. The second kappa shape index (κ2) is 24.0. The van der Waals surface area contributed by atoms with Gasteiger partial charge in [0.05, 0.1) is 120 Å². The lowest BCUT2D eigenvalue weighted by molar-refractivity contribution is 0.299. The van der Waals surface area contributed by atoms with Crippen molar-refractivity contribution in [3.8, 4) is 92.0 Å². The number of benzene rings is 6. The SMILES string of the molecule is CCCCOc1cc(C#Cc2cc3ccc4ccc(-c5c(OC)cccc5OC)nc4c3nc2-c2c(OC)cccc2OC)c(OCCCC)cc1C#Cc1cc2ccc3ccc(C4=CC=CC4)nc3c2nc1-c1c(C)cc(C)cc1C. The molecule has 0 fully saturated rings. The second-order valence-corrected chi connectivity index (χ2v) is 20.5. The van der Waals surface area contributed by atoms with Crippen LogP contribution in [0, 0.1) is 44.5 Å². The van der Waals surface area contributed by atoms with Crippen molar-refractivity contribution in [2.75, 3.05) is 41.7 Å². The highest BCUT2D eigenvalue weighted by molar-refractivity contribution is 6.06. The van der Waals surface area contributed by atoms with Crippen molar-refractivity contribution in [1.29, 1.82) is 0 Å². The van der Waals surface area contributed by atoms with Crippen LogP contribution < -0.4 is 28.4 Å². The van der Waals surface area contributed by atoms with Gasteiger partial charge in [-0.3, -0.25) is 0 Å². The van der Waals surface area contributed by atoms with Gasteiger partial charge in [-0.05, 0) is 105 Å². The molecule has 10 aromatic rings. The molecular weight excluding hydrogens is 1020 g/mol. The topological polar surface area (TPSA) is 107 Å². The van der Waals surface area contributed by atoms with E-state index in [0.29, 0.717) is 92.4 Å². The molecule has 408 valence electrons. The van der Waals surface area contributed by atoms with Crippen molar-refractivity contribution >= 4 is 49.2 Å². The molecule has 82 heavy (non-hydrogen) atoms. The Morgan fingerprint density at radius 1 is 0.427 bits per heavy atom. The number of rotatable bonds is 16. The first kappa shape index (κ1) is 54.3. The maximum absolute atomic E-state index is 6.67. The monoisotopic (exact) mass is 1080 g/mol. The van der Waals surface area contributed by atoms with Crippen LogP contribution >= 0.6 is 0 Å². The van der Waals surface area contributed by atoms with Gasteiger partial charge in [0.1, 0.15) is 34.5 Å². The zero-order chi connectivity index (χ0) is 56.9. The van der Waals surface area contributed by atoms with E-state index in [4.69, 9.17) is 48.4 Å². The highest BCUT2D eigenvalue weighted by Crippen LogP contribution is 2.43. The van der Waals surface area contributed by atoms with Gasteiger partial charge >= 0.3 is 0 Å². The average molecular weight is 1080 g/mol. The zero-order valence-electron chi connectivity index (χ0n) is 48.0. The van der Waals surface area contributed by atoms with Crippen molar-refractivity contribution in [3.05, 3.63) is 184 Å². The van der Waals surface area contributed by atoms with Crippen LogP contribution in [0.15, 0.2) is 140 Å². The maximum atomic E-state index is 6.67. The van der Waals surface area contributed by atoms with Crippen molar-refractivity contribution in [1.82, 2.24) is 19.9 Å². The molecule has 0 spiro atoms. The van der Waals surface area contributed by atoms with Gasteiger partial charge in [-0.1, -0.05) is 135 Å². The number of aryl methyl sites for hydroxylation is 3. The Bertz CT molecular complexity index is 4280.